The Morgan fingerprint density at radius 1 is 1.60 bits per heavy atom. The Bertz CT molecular complexity index is 273. The molecule has 1 aromatic rings. The fourth-order valence-electron chi connectivity index (χ4n) is 1.48. The lowest BCUT2D eigenvalue weighted by molar-refractivity contribution is 0.0508. The Hall–Kier alpha value is -0.870. The maximum Gasteiger partial charge on any atom is 0.0948 e. The molecule has 1 aromatic heterocycles. The molecule has 1 atom stereocenters. The molecular formula is C11H21N3O. The van der Waals surface area contributed by atoms with E-state index in [-0.39, 0.29) is 6.10 Å². The summed E-state index contributed by atoms with van der Waals surface area (Å²) in [5.74, 6) is 0. The smallest absolute Gasteiger partial charge is 0.0948 e. The van der Waals surface area contributed by atoms with E-state index in [4.69, 9.17) is 4.74 Å². The molecule has 1 unspecified atom stereocenters. The second-order valence-electron chi connectivity index (χ2n) is 3.76. The first kappa shape index (κ1) is 12.2. The number of likely N-dealkylation sites (N-methyl/N-ethyl adjacent to an activating group) is 1. The number of aryl methyl sites for hydroxylation is 1. The number of nitrogens with one attached hydrogen (secondary N) is 1. The van der Waals surface area contributed by atoms with Gasteiger partial charge in [0.15, 0.2) is 0 Å². The molecule has 0 saturated heterocycles. The first-order valence-corrected chi connectivity index (χ1v) is 5.53. The Morgan fingerprint density at radius 2 is 2.40 bits per heavy atom. The van der Waals surface area contributed by atoms with E-state index in [0.29, 0.717) is 6.61 Å². The normalized spacial score (nSPS) is 13.0. The SMILES string of the molecule is CCCn1cncc1COC(C)CNC. The van der Waals surface area contributed by atoms with Crippen LogP contribution in [0.3, 0.4) is 0 Å². The summed E-state index contributed by atoms with van der Waals surface area (Å²) in [5, 5.41) is 3.09. The van der Waals surface area contributed by atoms with Crippen LogP contribution in [0.1, 0.15) is 26.0 Å². The van der Waals surface area contributed by atoms with E-state index in [1.54, 1.807) is 0 Å². The second-order valence-corrected chi connectivity index (χ2v) is 3.76. The highest BCUT2D eigenvalue weighted by Crippen LogP contribution is 2.04. The molecule has 0 aromatic carbocycles. The van der Waals surface area contributed by atoms with E-state index in [9.17, 15) is 0 Å². The minimum atomic E-state index is 0.236. The molecule has 0 saturated carbocycles. The van der Waals surface area contributed by atoms with Crippen LogP contribution in [0.5, 0.6) is 0 Å². The maximum atomic E-state index is 5.69. The van der Waals surface area contributed by atoms with Gasteiger partial charge in [0.1, 0.15) is 0 Å². The van der Waals surface area contributed by atoms with Crippen molar-refractivity contribution in [3.05, 3.63) is 18.2 Å². The minimum Gasteiger partial charge on any atom is -0.371 e. The third-order valence-electron chi connectivity index (χ3n) is 2.27. The average Bonchev–Trinajstić information content (AvgIpc) is 2.64. The largest absolute Gasteiger partial charge is 0.371 e. The fraction of sp³-hybridized carbons (Fsp3) is 0.727. The lowest BCUT2D eigenvalue weighted by Gasteiger charge is -2.13. The van der Waals surface area contributed by atoms with Crippen LogP contribution in [0.4, 0.5) is 0 Å². The van der Waals surface area contributed by atoms with Gasteiger partial charge in [0, 0.05) is 13.1 Å². The number of aromatic nitrogens is 2. The van der Waals surface area contributed by atoms with Gasteiger partial charge in [-0.1, -0.05) is 6.92 Å². The molecule has 0 aliphatic carbocycles. The highest BCUT2D eigenvalue weighted by atomic mass is 16.5. The first-order chi connectivity index (χ1) is 7.27. The predicted molar refractivity (Wildman–Crippen MR) is 60.7 cm³/mol. The van der Waals surface area contributed by atoms with Crippen molar-refractivity contribution in [1.82, 2.24) is 14.9 Å². The molecule has 1 heterocycles. The Kier molecular flexibility index (Phi) is 5.36. The van der Waals surface area contributed by atoms with Gasteiger partial charge in [0.2, 0.25) is 0 Å². The van der Waals surface area contributed by atoms with Crippen molar-refractivity contribution in [3.63, 3.8) is 0 Å². The third kappa shape index (κ3) is 4.01. The number of rotatable bonds is 7. The lowest BCUT2D eigenvalue weighted by atomic mass is 10.4. The summed E-state index contributed by atoms with van der Waals surface area (Å²) in [6, 6.07) is 0. The third-order valence-corrected chi connectivity index (χ3v) is 2.27. The fourth-order valence-corrected chi connectivity index (χ4v) is 1.48. The van der Waals surface area contributed by atoms with Crippen LogP contribution in [0, 0.1) is 0 Å². The summed E-state index contributed by atoms with van der Waals surface area (Å²) in [6.07, 6.45) is 5.10. The molecular weight excluding hydrogens is 190 g/mol. The Morgan fingerprint density at radius 3 is 3.07 bits per heavy atom. The quantitative estimate of drug-likeness (QED) is 0.741. The van der Waals surface area contributed by atoms with Crippen molar-refractivity contribution in [3.8, 4) is 0 Å². The Labute approximate surface area is 91.7 Å². The molecule has 0 fully saturated rings. The summed E-state index contributed by atoms with van der Waals surface area (Å²) in [7, 11) is 1.93. The Balaban J connectivity index is 2.39. The van der Waals surface area contributed by atoms with Gasteiger partial charge in [-0.3, -0.25) is 0 Å². The zero-order valence-corrected chi connectivity index (χ0v) is 9.86. The summed E-state index contributed by atoms with van der Waals surface area (Å²) < 4.78 is 7.84. The zero-order chi connectivity index (χ0) is 11.1. The second kappa shape index (κ2) is 6.58. The van der Waals surface area contributed by atoms with Gasteiger partial charge in [0.05, 0.1) is 30.9 Å². The van der Waals surface area contributed by atoms with Crippen molar-refractivity contribution in [2.24, 2.45) is 0 Å². The van der Waals surface area contributed by atoms with Gasteiger partial charge in [0.25, 0.3) is 0 Å². The van der Waals surface area contributed by atoms with Crippen LogP contribution in [0.15, 0.2) is 12.5 Å². The van der Waals surface area contributed by atoms with Crippen LogP contribution < -0.4 is 5.32 Å². The van der Waals surface area contributed by atoms with Crippen molar-refractivity contribution >= 4 is 0 Å². The van der Waals surface area contributed by atoms with Crippen molar-refractivity contribution in [1.29, 1.82) is 0 Å². The van der Waals surface area contributed by atoms with Crippen molar-refractivity contribution < 1.29 is 4.74 Å². The van der Waals surface area contributed by atoms with Gasteiger partial charge < -0.3 is 14.6 Å². The number of hydrogen-bond acceptors (Lipinski definition) is 3. The number of hydrogen-bond donors (Lipinski definition) is 1. The summed E-state index contributed by atoms with van der Waals surface area (Å²) >= 11 is 0. The molecule has 4 heteroatoms. The standard InChI is InChI=1S/C11H21N3O/c1-4-5-14-9-13-7-11(14)8-15-10(2)6-12-3/h7,9-10,12H,4-6,8H2,1-3H3. The monoisotopic (exact) mass is 211 g/mol. The number of nitrogens with zero attached hydrogens (tertiary/aromatic N) is 2. The van der Waals surface area contributed by atoms with Gasteiger partial charge >= 0.3 is 0 Å². The minimum absolute atomic E-state index is 0.236. The topological polar surface area (TPSA) is 39.1 Å². The molecule has 86 valence electrons. The molecule has 0 bridgehead atoms. The summed E-state index contributed by atoms with van der Waals surface area (Å²) in [6.45, 7) is 6.76. The van der Waals surface area contributed by atoms with Gasteiger partial charge in [-0.2, -0.15) is 0 Å². The van der Waals surface area contributed by atoms with Crippen LogP contribution >= 0.6 is 0 Å². The molecule has 15 heavy (non-hydrogen) atoms. The van der Waals surface area contributed by atoms with E-state index in [1.165, 1.54) is 0 Å². The molecule has 1 rings (SSSR count). The first-order valence-electron chi connectivity index (χ1n) is 5.53. The van der Waals surface area contributed by atoms with Gasteiger partial charge in [-0.15, -0.1) is 0 Å². The highest BCUT2D eigenvalue weighted by Gasteiger charge is 2.04. The number of imidazole rings is 1. The van der Waals surface area contributed by atoms with Crippen LogP contribution in [0.2, 0.25) is 0 Å². The van der Waals surface area contributed by atoms with Crippen molar-refractivity contribution in [2.45, 2.75) is 39.5 Å². The molecule has 0 spiro atoms. The molecule has 1 N–H and O–H groups in total. The maximum absolute atomic E-state index is 5.69. The molecule has 0 amide bonds. The van der Waals surface area contributed by atoms with Gasteiger partial charge in [-0.05, 0) is 20.4 Å². The van der Waals surface area contributed by atoms with Crippen LogP contribution in [-0.4, -0.2) is 29.2 Å². The van der Waals surface area contributed by atoms with E-state index in [1.807, 2.05) is 19.6 Å². The van der Waals surface area contributed by atoms with Crippen molar-refractivity contribution in [2.75, 3.05) is 13.6 Å². The van der Waals surface area contributed by atoms with Crippen LogP contribution in [-0.2, 0) is 17.9 Å². The summed E-state index contributed by atoms with van der Waals surface area (Å²) in [4.78, 5) is 4.13. The summed E-state index contributed by atoms with van der Waals surface area (Å²) in [5.41, 5.74) is 1.15. The van der Waals surface area contributed by atoms with Gasteiger partial charge in [-0.25, -0.2) is 4.98 Å². The molecule has 4 nitrogen and oxygen atoms in total. The average molecular weight is 211 g/mol. The molecule has 0 aliphatic rings. The zero-order valence-electron chi connectivity index (χ0n) is 9.86. The van der Waals surface area contributed by atoms with E-state index in [0.717, 1.165) is 25.2 Å². The highest BCUT2D eigenvalue weighted by molar-refractivity contribution is 4.96. The lowest BCUT2D eigenvalue weighted by Crippen LogP contribution is -2.23. The van der Waals surface area contributed by atoms with E-state index >= 15 is 0 Å². The molecule has 0 radical (unpaired) electrons. The van der Waals surface area contributed by atoms with E-state index < -0.39 is 0 Å². The predicted octanol–water partition coefficient (Wildman–Crippen LogP) is 1.42. The molecule has 0 aliphatic heterocycles. The van der Waals surface area contributed by atoms with Crippen LogP contribution in [0.25, 0.3) is 0 Å². The van der Waals surface area contributed by atoms with E-state index in [2.05, 4.69) is 28.7 Å². The number of ether oxygens (including phenoxy) is 1.